The molecule has 8 heteroatoms. The molecular weight excluding hydrogens is 608 g/mol. The van der Waals surface area contributed by atoms with E-state index in [1.165, 1.54) is 0 Å². The van der Waals surface area contributed by atoms with E-state index in [9.17, 15) is 10.2 Å². The molecule has 2 N–H and O–H groups in total. The first-order valence-electron chi connectivity index (χ1n) is 17.6. The van der Waals surface area contributed by atoms with Crippen molar-refractivity contribution in [3.63, 3.8) is 0 Å². The highest BCUT2D eigenvalue weighted by Crippen LogP contribution is 2.64. The van der Waals surface area contributed by atoms with Crippen molar-refractivity contribution in [2.24, 2.45) is 32.5 Å². The number of hydrogen-bond acceptors (Lipinski definition) is 6. The third-order valence-electron chi connectivity index (χ3n) is 10.9. The minimum Gasteiger partial charge on any atom is -0.386 e. The normalized spacial score (nSPS) is 25.2. The summed E-state index contributed by atoms with van der Waals surface area (Å²) in [4.78, 5) is 3.21. The summed E-state index contributed by atoms with van der Waals surface area (Å²) in [7, 11) is 0. The van der Waals surface area contributed by atoms with E-state index in [4.69, 9.17) is 20.4 Å². The van der Waals surface area contributed by atoms with E-state index in [2.05, 4.69) is 93.5 Å². The van der Waals surface area contributed by atoms with Crippen molar-refractivity contribution in [3.05, 3.63) is 85.0 Å². The molecule has 0 saturated heterocycles. The van der Waals surface area contributed by atoms with Gasteiger partial charge in [0.2, 0.25) is 0 Å². The average molecular weight is 663 g/mol. The smallest absolute Gasteiger partial charge is 0.113 e. The summed E-state index contributed by atoms with van der Waals surface area (Å²) in [6.45, 7) is 22.6. The first kappa shape index (κ1) is 35.0. The Morgan fingerprint density at radius 3 is 1.14 bits per heavy atom. The molecule has 0 aliphatic heterocycles. The lowest BCUT2D eigenvalue weighted by atomic mass is 9.45. The van der Waals surface area contributed by atoms with Gasteiger partial charge >= 0.3 is 0 Å². The highest BCUT2D eigenvalue weighted by molar-refractivity contribution is 5.75. The molecule has 0 bridgehead atoms. The van der Waals surface area contributed by atoms with E-state index in [0.29, 0.717) is 17.8 Å². The van der Waals surface area contributed by atoms with Crippen LogP contribution in [0.15, 0.2) is 85.0 Å². The predicted molar refractivity (Wildman–Crippen MR) is 199 cm³/mol. The number of allylic oxidation sites excluding steroid dienone is 4. The Morgan fingerprint density at radius 2 is 0.857 bits per heavy atom. The second-order valence-corrected chi connectivity index (χ2v) is 18.2. The van der Waals surface area contributed by atoms with Crippen molar-refractivity contribution in [1.29, 1.82) is 0 Å². The van der Waals surface area contributed by atoms with Gasteiger partial charge in [-0.1, -0.05) is 118 Å². The highest BCUT2D eigenvalue weighted by Gasteiger charge is 2.61. The molecule has 2 aromatic heterocycles. The Morgan fingerprint density at radius 1 is 0.551 bits per heavy atom. The van der Waals surface area contributed by atoms with Gasteiger partial charge in [-0.15, -0.1) is 20.4 Å². The van der Waals surface area contributed by atoms with Gasteiger partial charge < -0.3 is 10.2 Å². The van der Waals surface area contributed by atoms with Crippen molar-refractivity contribution in [2.75, 3.05) is 0 Å². The van der Waals surface area contributed by atoms with E-state index >= 15 is 0 Å². The predicted octanol–water partition coefficient (Wildman–Crippen LogP) is 8.71. The molecule has 2 aromatic carbocycles. The van der Waals surface area contributed by atoms with Crippen LogP contribution in [0, 0.1) is 32.5 Å². The first-order valence-corrected chi connectivity index (χ1v) is 17.6. The SMILES string of the molecule is CC(C)(C)CC(C)(C)C1(CC2(C(C)(C)CC(C)(C)C)C=CC=C(n3nc4ccccc4n3)C2O)C=CC=C(n2nc3ccccc3n2)C1O. The van der Waals surface area contributed by atoms with Crippen LogP contribution in [0.3, 0.4) is 0 Å². The lowest BCUT2D eigenvalue weighted by molar-refractivity contribution is -0.103. The molecule has 0 spiro atoms. The fraction of sp³-hybridized carbons (Fsp3) is 0.512. The second kappa shape index (κ2) is 11.9. The lowest BCUT2D eigenvalue weighted by Crippen LogP contribution is -2.58. The number of benzene rings is 2. The molecular formula is C41H54N6O2. The first-order chi connectivity index (χ1) is 22.8. The number of aromatic nitrogens is 6. The van der Waals surface area contributed by atoms with Crippen LogP contribution < -0.4 is 0 Å². The monoisotopic (exact) mass is 662 g/mol. The molecule has 49 heavy (non-hydrogen) atoms. The number of nitrogens with zero attached hydrogens (tertiary/aromatic N) is 6. The van der Waals surface area contributed by atoms with Crippen molar-refractivity contribution in [1.82, 2.24) is 30.0 Å². The number of rotatable bonds is 8. The molecule has 2 aliphatic carbocycles. The van der Waals surface area contributed by atoms with Crippen LogP contribution in [0.2, 0.25) is 0 Å². The number of fused-ring (bicyclic) bond motifs is 2. The summed E-state index contributed by atoms with van der Waals surface area (Å²) in [6, 6.07) is 15.6. The van der Waals surface area contributed by atoms with E-state index in [0.717, 1.165) is 34.9 Å². The van der Waals surface area contributed by atoms with Crippen molar-refractivity contribution >= 4 is 33.5 Å². The Bertz CT molecular complexity index is 1770. The van der Waals surface area contributed by atoms with Gasteiger partial charge in [0.1, 0.15) is 34.3 Å². The summed E-state index contributed by atoms with van der Waals surface area (Å²) >= 11 is 0. The second-order valence-electron chi connectivity index (χ2n) is 18.2. The van der Waals surface area contributed by atoms with Crippen molar-refractivity contribution in [3.8, 4) is 0 Å². The summed E-state index contributed by atoms with van der Waals surface area (Å²) in [6.07, 6.45) is 12.5. The number of hydrogen-bond donors (Lipinski definition) is 2. The largest absolute Gasteiger partial charge is 0.386 e. The third kappa shape index (κ3) is 6.23. The van der Waals surface area contributed by atoms with E-state index in [1.807, 2.05) is 60.7 Å². The van der Waals surface area contributed by atoms with E-state index < -0.39 is 33.9 Å². The fourth-order valence-electron chi connectivity index (χ4n) is 9.28. The Hall–Kier alpha value is -3.88. The molecule has 0 fully saturated rings. The summed E-state index contributed by atoms with van der Waals surface area (Å²) in [5.74, 6) is 0. The number of aliphatic hydroxyl groups is 2. The lowest BCUT2D eigenvalue weighted by Gasteiger charge is -2.60. The van der Waals surface area contributed by atoms with Crippen LogP contribution in [0.1, 0.15) is 88.5 Å². The minimum absolute atomic E-state index is 0.0384. The van der Waals surface area contributed by atoms with Gasteiger partial charge in [0.25, 0.3) is 0 Å². The molecule has 8 nitrogen and oxygen atoms in total. The molecule has 260 valence electrons. The van der Waals surface area contributed by atoms with Gasteiger partial charge in [0.05, 0.1) is 11.4 Å². The van der Waals surface area contributed by atoms with Crippen LogP contribution in [0.25, 0.3) is 33.5 Å². The zero-order valence-corrected chi connectivity index (χ0v) is 30.9. The Balaban J connectivity index is 1.54. The van der Waals surface area contributed by atoms with Crippen LogP contribution in [-0.4, -0.2) is 52.4 Å². The van der Waals surface area contributed by atoms with Crippen LogP contribution in [0.5, 0.6) is 0 Å². The maximum absolute atomic E-state index is 12.9. The van der Waals surface area contributed by atoms with Crippen LogP contribution in [-0.2, 0) is 0 Å². The standard InChI is InChI=1S/C41H54N6O2/c1-36(2,3)25-38(7,8)40(23-15-21-32(34(40)48)46-42-28-17-11-12-18-29(28)43-46)27-41(39(9,10)26-37(4,5)6)24-16-22-33(35(41)49)47-44-30-19-13-14-20-31(30)45-47/h11-24,34-35,48-49H,25-27H2,1-10H3. The maximum Gasteiger partial charge on any atom is 0.113 e. The average Bonchev–Trinajstić information content (AvgIpc) is 3.61. The molecule has 2 aliphatic rings. The van der Waals surface area contributed by atoms with Gasteiger partial charge in [0.15, 0.2) is 0 Å². The van der Waals surface area contributed by atoms with Crippen LogP contribution in [0.4, 0.5) is 0 Å². The number of aliphatic hydroxyl groups excluding tert-OH is 2. The van der Waals surface area contributed by atoms with Gasteiger partial charge in [-0.3, -0.25) is 0 Å². The minimum atomic E-state index is -0.973. The molecule has 6 rings (SSSR count). The molecule has 2 heterocycles. The third-order valence-corrected chi connectivity index (χ3v) is 10.9. The molecule has 4 unspecified atom stereocenters. The van der Waals surface area contributed by atoms with Gasteiger partial charge in [-0.05, 0) is 77.3 Å². The topological polar surface area (TPSA) is 102 Å². The van der Waals surface area contributed by atoms with Crippen molar-refractivity contribution in [2.45, 2.75) is 101 Å². The Labute approximate surface area is 291 Å². The molecule has 4 aromatic rings. The molecule has 0 radical (unpaired) electrons. The van der Waals surface area contributed by atoms with E-state index in [1.54, 1.807) is 9.59 Å². The quantitative estimate of drug-likeness (QED) is 0.196. The van der Waals surface area contributed by atoms with Gasteiger partial charge in [-0.25, -0.2) is 0 Å². The summed E-state index contributed by atoms with van der Waals surface area (Å²) < 4.78 is 0. The Kier molecular flexibility index (Phi) is 8.47. The van der Waals surface area contributed by atoms with Gasteiger partial charge in [-0.2, -0.15) is 9.59 Å². The fourth-order valence-corrected chi connectivity index (χ4v) is 9.28. The van der Waals surface area contributed by atoms with Crippen molar-refractivity contribution < 1.29 is 10.2 Å². The molecule has 4 atom stereocenters. The van der Waals surface area contributed by atoms with Gasteiger partial charge in [0, 0.05) is 10.8 Å². The van der Waals surface area contributed by atoms with E-state index in [-0.39, 0.29) is 10.8 Å². The highest BCUT2D eigenvalue weighted by atomic mass is 16.3. The zero-order valence-electron chi connectivity index (χ0n) is 30.9. The summed E-state index contributed by atoms with van der Waals surface area (Å²) in [5.41, 5.74) is 1.69. The zero-order chi connectivity index (χ0) is 35.6. The maximum atomic E-state index is 12.9. The molecule has 0 amide bonds. The molecule has 0 saturated carbocycles. The van der Waals surface area contributed by atoms with Crippen LogP contribution >= 0.6 is 0 Å². The summed E-state index contributed by atoms with van der Waals surface area (Å²) in [5, 5.41) is 45.1.